The smallest absolute Gasteiger partial charge is 0.326 e. The van der Waals surface area contributed by atoms with Gasteiger partial charge < -0.3 is 14.4 Å². The van der Waals surface area contributed by atoms with Gasteiger partial charge in [-0.1, -0.05) is 13.0 Å². The fourth-order valence-electron chi connectivity index (χ4n) is 3.00. The quantitative estimate of drug-likeness (QED) is 0.934. The van der Waals surface area contributed by atoms with E-state index in [0.29, 0.717) is 24.6 Å². The number of piperidine rings is 1. The molecular formula is C16H19N3O3. The van der Waals surface area contributed by atoms with Crippen LogP contribution in [0.5, 0.6) is 0 Å². The lowest BCUT2D eigenvalue weighted by molar-refractivity contribution is -0.152. The van der Waals surface area contributed by atoms with Crippen LogP contribution < -0.4 is 0 Å². The molecule has 2 aromatic heterocycles. The number of nitrogens with zero attached hydrogens (tertiary/aromatic N) is 3. The molecule has 1 saturated heterocycles. The average Bonchev–Trinajstić information content (AvgIpc) is 2.89. The maximum atomic E-state index is 12.5. The van der Waals surface area contributed by atoms with Crippen LogP contribution in [0.25, 0.3) is 5.65 Å². The number of likely N-dealkylation sites (tertiary alicyclic amines) is 1. The lowest BCUT2D eigenvalue weighted by atomic mass is 9.92. The normalized spacial score (nSPS) is 22.0. The Morgan fingerprint density at radius 2 is 2.23 bits per heavy atom. The highest BCUT2D eigenvalue weighted by Crippen LogP contribution is 2.23. The van der Waals surface area contributed by atoms with Crippen molar-refractivity contribution in [2.24, 2.45) is 5.92 Å². The van der Waals surface area contributed by atoms with Gasteiger partial charge in [0.05, 0.1) is 12.1 Å². The molecule has 3 rings (SSSR count). The summed E-state index contributed by atoms with van der Waals surface area (Å²) in [5.74, 6) is -0.752. The topological polar surface area (TPSA) is 74.9 Å². The predicted octanol–water partition coefficient (Wildman–Crippen LogP) is 1.59. The summed E-state index contributed by atoms with van der Waals surface area (Å²) in [6.45, 7) is 2.53. The van der Waals surface area contributed by atoms with Gasteiger partial charge in [-0.15, -0.1) is 0 Å². The number of aliphatic carboxylic acids is 1. The lowest BCUT2D eigenvalue weighted by Crippen LogP contribution is -2.50. The highest BCUT2D eigenvalue weighted by molar-refractivity contribution is 5.85. The van der Waals surface area contributed by atoms with Gasteiger partial charge in [0.1, 0.15) is 11.7 Å². The number of carbonyl (C=O) groups excluding carboxylic acids is 1. The third kappa shape index (κ3) is 2.81. The number of hydrogen-bond donors (Lipinski definition) is 1. The molecule has 1 aliphatic heterocycles. The minimum absolute atomic E-state index is 0.139. The molecule has 3 heterocycles. The summed E-state index contributed by atoms with van der Waals surface area (Å²) in [7, 11) is 0. The number of amides is 1. The molecular weight excluding hydrogens is 282 g/mol. The van der Waals surface area contributed by atoms with Crippen LogP contribution in [0.2, 0.25) is 0 Å². The fraction of sp³-hybridized carbons (Fsp3) is 0.438. The Morgan fingerprint density at radius 1 is 1.41 bits per heavy atom. The molecule has 0 saturated carbocycles. The van der Waals surface area contributed by atoms with Crippen LogP contribution in [0.1, 0.15) is 25.5 Å². The minimum Gasteiger partial charge on any atom is -0.480 e. The lowest BCUT2D eigenvalue weighted by Gasteiger charge is -2.35. The summed E-state index contributed by atoms with van der Waals surface area (Å²) in [6.07, 6.45) is 5.20. The molecule has 1 aliphatic rings. The first-order valence-corrected chi connectivity index (χ1v) is 7.49. The first-order chi connectivity index (χ1) is 10.5. The van der Waals surface area contributed by atoms with E-state index in [1.165, 1.54) is 4.90 Å². The van der Waals surface area contributed by atoms with Gasteiger partial charge in [-0.25, -0.2) is 9.78 Å². The Labute approximate surface area is 128 Å². The van der Waals surface area contributed by atoms with Gasteiger partial charge in [-0.3, -0.25) is 4.79 Å². The van der Waals surface area contributed by atoms with E-state index in [1.54, 1.807) is 0 Å². The molecule has 2 atom stereocenters. The van der Waals surface area contributed by atoms with Crippen molar-refractivity contribution in [2.45, 2.75) is 32.2 Å². The maximum absolute atomic E-state index is 12.5. The van der Waals surface area contributed by atoms with Crippen LogP contribution in [-0.2, 0) is 16.0 Å². The van der Waals surface area contributed by atoms with Crippen LogP contribution in [-0.4, -0.2) is 43.9 Å². The number of fused-ring (bicyclic) bond motifs is 1. The Bertz CT molecular complexity index is 676. The van der Waals surface area contributed by atoms with E-state index in [4.69, 9.17) is 0 Å². The molecule has 0 unspecified atom stereocenters. The molecule has 116 valence electrons. The summed E-state index contributed by atoms with van der Waals surface area (Å²) < 4.78 is 1.86. The first-order valence-electron chi connectivity index (χ1n) is 7.49. The summed E-state index contributed by atoms with van der Waals surface area (Å²) >= 11 is 0. The van der Waals surface area contributed by atoms with E-state index in [1.807, 2.05) is 41.9 Å². The second-order valence-electron chi connectivity index (χ2n) is 5.95. The van der Waals surface area contributed by atoms with E-state index < -0.39 is 12.0 Å². The number of carbonyl (C=O) groups is 2. The zero-order valence-electron chi connectivity index (χ0n) is 12.5. The Kier molecular flexibility index (Phi) is 3.83. The van der Waals surface area contributed by atoms with Crippen LogP contribution >= 0.6 is 0 Å². The van der Waals surface area contributed by atoms with Gasteiger partial charge >= 0.3 is 5.97 Å². The average molecular weight is 301 g/mol. The van der Waals surface area contributed by atoms with Gasteiger partial charge in [-0.2, -0.15) is 0 Å². The van der Waals surface area contributed by atoms with E-state index in [-0.39, 0.29) is 12.3 Å². The van der Waals surface area contributed by atoms with Crippen molar-refractivity contribution < 1.29 is 14.7 Å². The molecule has 1 amide bonds. The number of rotatable bonds is 3. The van der Waals surface area contributed by atoms with Crippen molar-refractivity contribution >= 4 is 17.5 Å². The van der Waals surface area contributed by atoms with Crippen molar-refractivity contribution in [3.8, 4) is 0 Å². The second kappa shape index (κ2) is 5.79. The first kappa shape index (κ1) is 14.6. The Hall–Kier alpha value is -2.37. The van der Waals surface area contributed by atoms with Crippen molar-refractivity contribution in [1.82, 2.24) is 14.3 Å². The van der Waals surface area contributed by atoms with Crippen LogP contribution in [0.3, 0.4) is 0 Å². The van der Waals surface area contributed by atoms with Crippen molar-refractivity contribution in [3.05, 3.63) is 36.3 Å². The third-order valence-electron chi connectivity index (χ3n) is 4.22. The number of pyridine rings is 1. The number of imidazole rings is 1. The maximum Gasteiger partial charge on any atom is 0.326 e. The van der Waals surface area contributed by atoms with Crippen LogP contribution in [0, 0.1) is 5.92 Å². The summed E-state index contributed by atoms with van der Waals surface area (Å²) in [5, 5.41) is 9.34. The summed E-state index contributed by atoms with van der Waals surface area (Å²) in [6, 6.07) is 4.94. The third-order valence-corrected chi connectivity index (χ3v) is 4.22. The van der Waals surface area contributed by atoms with E-state index in [2.05, 4.69) is 4.98 Å². The number of hydrogen-bond acceptors (Lipinski definition) is 3. The van der Waals surface area contributed by atoms with Gasteiger partial charge in [0.2, 0.25) is 5.91 Å². The van der Waals surface area contributed by atoms with Crippen molar-refractivity contribution in [2.75, 3.05) is 6.54 Å². The number of carboxylic acid groups (broad SMARTS) is 1. The molecule has 0 radical (unpaired) electrons. The van der Waals surface area contributed by atoms with E-state index >= 15 is 0 Å². The van der Waals surface area contributed by atoms with Crippen LogP contribution in [0.4, 0.5) is 0 Å². The molecule has 1 fully saturated rings. The van der Waals surface area contributed by atoms with Gasteiger partial charge in [0.25, 0.3) is 0 Å². The fourth-order valence-corrected chi connectivity index (χ4v) is 3.00. The highest BCUT2D eigenvalue weighted by atomic mass is 16.4. The van der Waals surface area contributed by atoms with Gasteiger partial charge in [0.15, 0.2) is 0 Å². The largest absolute Gasteiger partial charge is 0.480 e. The van der Waals surface area contributed by atoms with Crippen molar-refractivity contribution in [1.29, 1.82) is 0 Å². The van der Waals surface area contributed by atoms with Crippen molar-refractivity contribution in [3.63, 3.8) is 0 Å². The zero-order chi connectivity index (χ0) is 15.7. The minimum atomic E-state index is -0.921. The molecule has 22 heavy (non-hydrogen) atoms. The number of aromatic nitrogens is 2. The summed E-state index contributed by atoms with van der Waals surface area (Å²) in [5.41, 5.74) is 1.45. The summed E-state index contributed by atoms with van der Waals surface area (Å²) in [4.78, 5) is 29.8. The molecule has 0 spiro atoms. The SMILES string of the molecule is C[C@@H]1CCN(C(=O)Cc2cn3ccccc3n2)[C@@H](C(=O)O)C1. The molecule has 0 aliphatic carbocycles. The van der Waals surface area contributed by atoms with Gasteiger partial charge in [0, 0.05) is 18.9 Å². The van der Waals surface area contributed by atoms with Gasteiger partial charge in [-0.05, 0) is 30.9 Å². The molecule has 0 aromatic carbocycles. The monoisotopic (exact) mass is 301 g/mol. The molecule has 6 nitrogen and oxygen atoms in total. The predicted molar refractivity (Wildman–Crippen MR) is 80.4 cm³/mol. The Morgan fingerprint density at radius 3 is 2.95 bits per heavy atom. The van der Waals surface area contributed by atoms with E-state index in [9.17, 15) is 14.7 Å². The highest BCUT2D eigenvalue weighted by Gasteiger charge is 2.34. The molecule has 1 N–H and O–H groups in total. The standard InChI is InChI=1S/C16H19N3O3/c1-11-5-7-19(13(8-11)16(21)22)15(20)9-12-10-18-6-3-2-4-14(18)17-12/h2-4,6,10-11,13H,5,7-9H2,1H3,(H,21,22)/t11-,13-/m1/s1. The Balaban J connectivity index is 1.76. The molecule has 6 heteroatoms. The van der Waals surface area contributed by atoms with Crippen LogP contribution in [0.15, 0.2) is 30.6 Å². The zero-order valence-corrected chi connectivity index (χ0v) is 12.5. The second-order valence-corrected chi connectivity index (χ2v) is 5.95. The van der Waals surface area contributed by atoms with E-state index in [0.717, 1.165) is 12.1 Å². The molecule has 0 bridgehead atoms. The number of carboxylic acids is 1. The molecule has 2 aromatic rings.